The number of benzene rings is 2. The van der Waals surface area contributed by atoms with Crippen molar-refractivity contribution in [3.05, 3.63) is 57.8 Å². The fourth-order valence-corrected chi connectivity index (χ4v) is 3.07. The summed E-state index contributed by atoms with van der Waals surface area (Å²) in [7, 11) is -3.80. The van der Waals surface area contributed by atoms with Crippen LogP contribution in [0.4, 0.5) is 10.1 Å². The fraction of sp³-hybridized carbons (Fsp3) is 0.143. The van der Waals surface area contributed by atoms with E-state index in [1.54, 1.807) is 13.0 Å². The first kappa shape index (κ1) is 15.0. The molecule has 2 aromatic rings. The average Bonchev–Trinajstić information content (AvgIpc) is 2.36. The van der Waals surface area contributed by atoms with Crippen molar-refractivity contribution in [2.24, 2.45) is 0 Å². The molecule has 0 atom stereocenters. The molecule has 0 aliphatic rings. The number of hydrogen-bond acceptors (Lipinski definition) is 2. The molecule has 0 aliphatic carbocycles. The van der Waals surface area contributed by atoms with E-state index < -0.39 is 15.8 Å². The van der Waals surface area contributed by atoms with Gasteiger partial charge in [-0.25, -0.2) is 12.8 Å². The molecule has 1 N–H and O–H groups in total. The lowest BCUT2D eigenvalue weighted by molar-refractivity contribution is 0.593. The van der Waals surface area contributed by atoms with Crippen LogP contribution in [0.5, 0.6) is 0 Å². The first-order valence-corrected chi connectivity index (χ1v) is 8.12. The van der Waals surface area contributed by atoms with Gasteiger partial charge in [0, 0.05) is 0 Å². The molecule has 0 saturated carbocycles. The third-order valence-corrected chi connectivity index (χ3v) is 4.85. The number of aryl methyl sites for hydroxylation is 2. The van der Waals surface area contributed by atoms with Crippen LogP contribution in [0.25, 0.3) is 0 Å². The maximum absolute atomic E-state index is 13.5. The summed E-state index contributed by atoms with van der Waals surface area (Å²) in [5.41, 5.74) is 2.24. The van der Waals surface area contributed by atoms with E-state index in [-0.39, 0.29) is 9.37 Å². The van der Waals surface area contributed by atoms with E-state index in [0.717, 1.165) is 17.2 Å². The summed E-state index contributed by atoms with van der Waals surface area (Å²) in [6.45, 7) is 3.68. The molecule has 0 aromatic heterocycles. The molecule has 0 bridgehead atoms. The standard InChI is InChI=1S/C14H13BrFNO2S/c1-9-3-4-10(2)14(7-9)17-20(18,19)11-5-6-12(15)13(16)8-11/h3-8,17H,1-2H3. The number of halogens is 2. The van der Waals surface area contributed by atoms with Crippen LogP contribution >= 0.6 is 15.9 Å². The number of sulfonamides is 1. The summed E-state index contributed by atoms with van der Waals surface area (Å²) in [5, 5.41) is 0. The molecular weight excluding hydrogens is 345 g/mol. The Labute approximate surface area is 126 Å². The average molecular weight is 358 g/mol. The monoisotopic (exact) mass is 357 g/mol. The van der Waals surface area contributed by atoms with Crippen molar-refractivity contribution in [1.29, 1.82) is 0 Å². The Morgan fingerprint density at radius 1 is 1.10 bits per heavy atom. The second kappa shape index (κ2) is 5.54. The summed E-state index contributed by atoms with van der Waals surface area (Å²) in [6.07, 6.45) is 0. The second-order valence-corrected chi connectivity index (χ2v) is 7.04. The van der Waals surface area contributed by atoms with Crippen molar-refractivity contribution >= 4 is 31.6 Å². The van der Waals surface area contributed by atoms with Crippen LogP contribution in [-0.4, -0.2) is 8.42 Å². The van der Waals surface area contributed by atoms with Gasteiger partial charge in [0.2, 0.25) is 0 Å². The Morgan fingerprint density at radius 3 is 2.45 bits per heavy atom. The van der Waals surface area contributed by atoms with Crippen LogP contribution in [0.1, 0.15) is 11.1 Å². The molecule has 0 amide bonds. The molecular formula is C14H13BrFNO2S. The predicted molar refractivity (Wildman–Crippen MR) is 80.8 cm³/mol. The highest BCUT2D eigenvalue weighted by atomic mass is 79.9. The normalized spacial score (nSPS) is 11.4. The highest BCUT2D eigenvalue weighted by Crippen LogP contribution is 2.23. The van der Waals surface area contributed by atoms with E-state index in [1.807, 2.05) is 19.1 Å². The molecule has 0 fully saturated rings. The molecule has 0 radical (unpaired) electrons. The van der Waals surface area contributed by atoms with E-state index in [1.165, 1.54) is 12.1 Å². The van der Waals surface area contributed by atoms with Gasteiger partial charge in [-0.15, -0.1) is 0 Å². The first-order chi connectivity index (χ1) is 9.29. The maximum Gasteiger partial charge on any atom is 0.262 e. The second-order valence-electron chi connectivity index (χ2n) is 4.50. The number of rotatable bonds is 3. The van der Waals surface area contributed by atoms with Gasteiger partial charge in [0.05, 0.1) is 15.1 Å². The highest BCUT2D eigenvalue weighted by Gasteiger charge is 2.17. The molecule has 0 aliphatic heterocycles. The van der Waals surface area contributed by atoms with Crippen LogP contribution in [-0.2, 0) is 10.0 Å². The van der Waals surface area contributed by atoms with Crippen LogP contribution in [0.2, 0.25) is 0 Å². The Balaban J connectivity index is 2.40. The topological polar surface area (TPSA) is 46.2 Å². The summed E-state index contributed by atoms with van der Waals surface area (Å²) in [6, 6.07) is 9.16. The fourth-order valence-electron chi connectivity index (χ4n) is 1.69. The van der Waals surface area contributed by atoms with E-state index >= 15 is 0 Å². The highest BCUT2D eigenvalue weighted by molar-refractivity contribution is 9.10. The lowest BCUT2D eigenvalue weighted by atomic mass is 10.1. The number of nitrogens with one attached hydrogen (secondary N) is 1. The van der Waals surface area contributed by atoms with Gasteiger partial charge >= 0.3 is 0 Å². The maximum atomic E-state index is 13.5. The van der Waals surface area contributed by atoms with Crippen LogP contribution in [0.3, 0.4) is 0 Å². The molecule has 0 saturated heterocycles. The van der Waals surface area contributed by atoms with Gasteiger partial charge in [-0.2, -0.15) is 0 Å². The van der Waals surface area contributed by atoms with Gasteiger partial charge < -0.3 is 0 Å². The van der Waals surface area contributed by atoms with Crippen LogP contribution in [0, 0.1) is 19.7 Å². The predicted octanol–water partition coefficient (Wildman–Crippen LogP) is 4.01. The quantitative estimate of drug-likeness (QED) is 0.901. The zero-order valence-electron chi connectivity index (χ0n) is 10.9. The number of anilines is 1. The Kier molecular flexibility index (Phi) is 4.15. The zero-order valence-corrected chi connectivity index (χ0v) is 13.3. The molecule has 0 unspecified atom stereocenters. The summed E-state index contributed by atoms with van der Waals surface area (Å²) in [4.78, 5) is -0.112. The van der Waals surface area contributed by atoms with Crippen molar-refractivity contribution < 1.29 is 12.8 Å². The van der Waals surface area contributed by atoms with Crippen LogP contribution in [0.15, 0.2) is 45.8 Å². The molecule has 2 aromatic carbocycles. The summed E-state index contributed by atoms with van der Waals surface area (Å²) >= 11 is 2.99. The van der Waals surface area contributed by atoms with Crippen molar-refractivity contribution in [2.45, 2.75) is 18.7 Å². The minimum atomic E-state index is -3.80. The molecule has 106 valence electrons. The SMILES string of the molecule is Cc1ccc(C)c(NS(=O)(=O)c2ccc(Br)c(F)c2)c1. The Bertz CT molecular complexity index is 760. The van der Waals surface area contributed by atoms with E-state index in [4.69, 9.17) is 0 Å². The third kappa shape index (κ3) is 3.19. The minimum absolute atomic E-state index is 0.112. The van der Waals surface area contributed by atoms with E-state index in [9.17, 15) is 12.8 Å². The minimum Gasteiger partial charge on any atom is -0.279 e. The van der Waals surface area contributed by atoms with Gasteiger partial charge in [-0.1, -0.05) is 12.1 Å². The number of hydrogen-bond donors (Lipinski definition) is 1. The molecule has 6 heteroatoms. The van der Waals surface area contributed by atoms with Crippen LogP contribution < -0.4 is 4.72 Å². The van der Waals surface area contributed by atoms with Gasteiger partial charge in [0.25, 0.3) is 10.0 Å². The molecule has 2 rings (SSSR count). The van der Waals surface area contributed by atoms with E-state index in [0.29, 0.717) is 5.69 Å². The van der Waals surface area contributed by atoms with Gasteiger partial charge in [0.1, 0.15) is 5.82 Å². The Hall–Kier alpha value is -1.40. The van der Waals surface area contributed by atoms with Crippen molar-refractivity contribution in [3.63, 3.8) is 0 Å². The van der Waals surface area contributed by atoms with Gasteiger partial charge in [-0.3, -0.25) is 4.72 Å². The molecule has 0 heterocycles. The zero-order chi connectivity index (χ0) is 14.9. The molecule has 0 spiro atoms. The summed E-state index contributed by atoms with van der Waals surface area (Å²) in [5.74, 6) is -0.617. The van der Waals surface area contributed by atoms with Crippen molar-refractivity contribution in [3.8, 4) is 0 Å². The van der Waals surface area contributed by atoms with Crippen molar-refractivity contribution in [2.75, 3.05) is 4.72 Å². The van der Waals surface area contributed by atoms with Gasteiger partial charge in [0.15, 0.2) is 0 Å². The third-order valence-electron chi connectivity index (χ3n) is 2.84. The smallest absolute Gasteiger partial charge is 0.262 e. The lowest BCUT2D eigenvalue weighted by Gasteiger charge is -2.11. The lowest BCUT2D eigenvalue weighted by Crippen LogP contribution is -2.14. The molecule has 20 heavy (non-hydrogen) atoms. The Morgan fingerprint density at radius 2 is 1.80 bits per heavy atom. The molecule has 3 nitrogen and oxygen atoms in total. The first-order valence-electron chi connectivity index (χ1n) is 5.85. The van der Waals surface area contributed by atoms with Gasteiger partial charge in [-0.05, 0) is 65.2 Å². The largest absolute Gasteiger partial charge is 0.279 e. The summed E-state index contributed by atoms with van der Waals surface area (Å²) < 4.78 is 40.6. The van der Waals surface area contributed by atoms with E-state index in [2.05, 4.69) is 20.7 Å². The van der Waals surface area contributed by atoms with Crippen molar-refractivity contribution in [1.82, 2.24) is 0 Å².